The van der Waals surface area contributed by atoms with E-state index >= 15 is 0 Å². The summed E-state index contributed by atoms with van der Waals surface area (Å²) < 4.78 is 1.02. The third-order valence-corrected chi connectivity index (χ3v) is 5.36. The molecule has 4 nitrogen and oxygen atoms in total. The Kier molecular flexibility index (Phi) is 6.21. The molecule has 0 amide bonds. The fraction of sp³-hybridized carbons (Fsp3) is 0.0417. The minimum absolute atomic E-state index is 0.498. The van der Waals surface area contributed by atoms with E-state index in [1.165, 1.54) is 0 Å². The number of anilines is 1. The maximum absolute atomic E-state index is 6.23. The number of rotatable bonds is 5. The monoisotopic (exact) mass is 476 g/mol. The predicted octanol–water partition coefficient (Wildman–Crippen LogP) is 6.70. The molecule has 0 bridgehead atoms. The zero-order chi connectivity index (χ0) is 20.9. The van der Waals surface area contributed by atoms with Gasteiger partial charge < -0.3 is 0 Å². The molecule has 6 heteroatoms. The Hall–Kier alpha value is -3.02. The molecule has 30 heavy (non-hydrogen) atoms. The summed E-state index contributed by atoms with van der Waals surface area (Å²) in [5.74, 6) is 0.498. The largest absolute Gasteiger partial charge is 0.247 e. The van der Waals surface area contributed by atoms with Crippen LogP contribution in [0.1, 0.15) is 5.56 Å². The molecule has 0 saturated heterocycles. The number of halogens is 2. The van der Waals surface area contributed by atoms with E-state index in [4.69, 9.17) is 21.6 Å². The van der Waals surface area contributed by atoms with Crippen molar-refractivity contribution in [2.75, 3.05) is 12.1 Å². The summed E-state index contributed by atoms with van der Waals surface area (Å²) in [7, 11) is 1.82. The summed E-state index contributed by atoms with van der Waals surface area (Å²) >= 11 is 9.72. The fourth-order valence-electron chi connectivity index (χ4n) is 2.88. The number of nitrogens with zero attached hydrogens (tertiary/aromatic N) is 4. The molecule has 4 aromatic rings. The van der Waals surface area contributed by atoms with E-state index in [2.05, 4.69) is 21.0 Å². The number of hydrogen-bond acceptors (Lipinski definition) is 4. The quantitative estimate of drug-likeness (QED) is 0.237. The molecule has 1 heterocycles. The number of benzene rings is 3. The summed E-state index contributed by atoms with van der Waals surface area (Å²) in [6.45, 7) is 0. The van der Waals surface area contributed by atoms with Crippen LogP contribution in [-0.2, 0) is 0 Å². The first-order valence-corrected chi connectivity index (χ1v) is 10.5. The van der Waals surface area contributed by atoms with Crippen LogP contribution >= 0.6 is 27.5 Å². The first kappa shape index (κ1) is 20.3. The second-order valence-corrected chi connectivity index (χ2v) is 7.92. The smallest absolute Gasteiger partial charge is 0.235 e. The van der Waals surface area contributed by atoms with Gasteiger partial charge >= 0.3 is 0 Å². The summed E-state index contributed by atoms with van der Waals surface area (Å²) in [5.41, 5.74) is 4.51. The third-order valence-electron chi connectivity index (χ3n) is 4.49. The first-order chi connectivity index (χ1) is 14.6. The Morgan fingerprint density at radius 2 is 1.43 bits per heavy atom. The van der Waals surface area contributed by atoms with Gasteiger partial charge in [-0.25, -0.2) is 15.0 Å². The highest BCUT2D eigenvalue weighted by atomic mass is 79.9. The molecule has 3 aromatic carbocycles. The van der Waals surface area contributed by atoms with Gasteiger partial charge in [0.15, 0.2) is 0 Å². The van der Waals surface area contributed by atoms with Crippen molar-refractivity contribution >= 4 is 39.7 Å². The Morgan fingerprint density at radius 1 is 0.833 bits per heavy atom. The third kappa shape index (κ3) is 4.75. The lowest BCUT2D eigenvalue weighted by molar-refractivity contribution is 0.938. The second kappa shape index (κ2) is 9.20. The summed E-state index contributed by atoms with van der Waals surface area (Å²) in [4.78, 5) is 9.49. The van der Waals surface area contributed by atoms with Crippen molar-refractivity contribution in [2.24, 2.45) is 5.10 Å². The Bertz CT molecular complexity index is 1180. The van der Waals surface area contributed by atoms with Crippen molar-refractivity contribution in [3.05, 3.63) is 100.0 Å². The standard InChI is InChI=1S/C24H18BrClN4/c1-30(27-16-19-9-5-6-10-21(19)26)24-28-22(17-7-3-2-4-8-17)15-23(29-24)18-11-13-20(25)14-12-18/h2-16H,1H3/b27-16+. The summed E-state index contributed by atoms with van der Waals surface area (Å²) in [5, 5.41) is 6.79. The van der Waals surface area contributed by atoms with Gasteiger partial charge in [-0.05, 0) is 24.3 Å². The molecule has 0 N–H and O–H groups in total. The lowest BCUT2D eigenvalue weighted by Gasteiger charge is -2.14. The molecule has 0 saturated carbocycles. The molecule has 0 fully saturated rings. The lowest BCUT2D eigenvalue weighted by atomic mass is 10.1. The molecule has 0 unspecified atom stereocenters. The Balaban J connectivity index is 1.75. The van der Waals surface area contributed by atoms with Crippen molar-refractivity contribution in [3.8, 4) is 22.5 Å². The average Bonchev–Trinajstić information content (AvgIpc) is 2.79. The first-order valence-electron chi connectivity index (χ1n) is 9.33. The van der Waals surface area contributed by atoms with Gasteiger partial charge in [0, 0.05) is 33.2 Å². The van der Waals surface area contributed by atoms with E-state index in [1.807, 2.05) is 92.0 Å². The molecular weight excluding hydrogens is 460 g/mol. The molecule has 0 aliphatic carbocycles. The zero-order valence-electron chi connectivity index (χ0n) is 16.2. The topological polar surface area (TPSA) is 41.4 Å². The zero-order valence-corrected chi connectivity index (χ0v) is 18.5. The van der Waals surface area contributed by atoms with Crippen molar-refractivity contribution < 1.29 is 0 Å². The highest BCUT2D eigenvalue weighted by Gasteiger charge is 2.11. The van der Waals surface area contributed by atoms with E-state index in [1.54, 1.807) is 11.2 Å². The fourth-order valence-corrected chi connectivity index (χ4v) is 3.33. The summed E-state index contributed by atoms with van der Waals surface area (Å²) in [6, 6.07) is 27.6. The van der Waals surface area contributed by atoms with Crippen LogP contribution in [0.2, 0.25) is 5.02 Å². The molecule has 0 aliphatic heterocycles. The van der Waals surface area contributed by atoms with E-state index in [0.717, 1.165) is 32.6 Å². The summed E-state index contributed by atoms with van der Waals surface area (Å²) in [6.07, 6.45) is 1.71. The molecule has 4 rings (SSSR count). The molecule has 148 valence electrons. The van der Waals surface area contributed by atoms with Crippen molar-refractivity contribution in [3.63, 3.8) is 0 Å². The average molecular weight is 478 g/mol. The van der Waals surface area contributed by atoms with E-state index in [0.29, 0.717) is 11.0 Å². The van der Waals surface area contributed by atoms with Gasteiger partial charge in [0.2, 0.25) is 5.95 Å². The molecule has 0 spiro atoms. The van der Waals surface area contributed by atoms with Crippen molar-refractivity contribution in [1.82, 2.24) is 9.97 Å². The highest BCUT2D eigenvalue weighted by molar-refractivity contribution is 9.10. The van der Waals surface area contributed by atoms with Crippen molar-refractivity contribution in [2.45, 2.75) is 0 Å². The number of hydrazone groups is 1. The maximum atomic E-state index is 6.23. The van der Waals surface area contributed by atoms with Crippen LogP contribution in [0.4, 0.5) is 5.95 Å². The second-order valence-electron chi connectivity index (χ2n) is 6.60. The molecule has 0 atom stereocenters. The van der Waals surface area contributed by atoms with Gasteiger partial charge in [0.1, 0.15) is 0 Å². The Morgan fingerprint density at radius 3 is 2.10 bits per heavy atom. The van der Waals surface area contributed by atoms with E-state index in [9.17, 15) is 0 Å². The van der Waals surface area contributed by atoms with Crippen LogP contribution in [0.5, 0.6) is 0 Å². The SMILES string of the molecule is CN(/N=C/c1ccccc1Cl)c1nc(-c2ccccc2)cc(-c2ccc(Br)cc2)n1. The number of hydrogen-bond donors (Lipinski definition) is 0. The van der Waals surface area contributed by atoms with Crippen LogP contribution in [0.25, 0.3) is 22.5 Å². The van der Waals surface area contributed by atoms with Crippen LogP contribution < -0.4 is 5.01 Å². The molecule has 1 aromatic heterocycles. The normalized spacial score (nSPS) is 11.0. The van der Waals surface area contributed by atoms with Gasteiger partial charge in [-0.15, -0.1) is 0 Å². The lowest BCUT2D eigenvalue weighted by Crippen LogP contribution is -2.13. The predicted molar refractivity (Wildman–Crippen MR) is 128 cm³/mol. The molecule has 0 aliphatic rings. The van der Waals surface area contributed by atoms with Gasteiger partial charge in [0.05, 0.1) is 17.6 Å². The van der Waals surface area contributed by atoms with E-state index < -0.39 is 0 Å². The van der Waals surface area contributed by atoms with Crippen molar-refractivity contribution in [1.29, 1.82) is 0 Å². The van der Waals surface area contributed by atoms with Gasteiger partial charge in [-0.2, -0.15) is 5.10 Å². The molecule has 0 radical (unpaired) electrons. The Labute approximate surface area is 189 Å². The van der Waals surface area contributed by atoms with Crippen LogP contribution in [-0.4, -0.2) is 23.2 Å². The van der Waals surface area contributed by atoms with Gasteiger partial charge in [0.25, 0.3) is 0 Å². The highest BCUT2D eigenvalue weighted by Crippen LogP contribution is 2.27. The molecular formula is C24H18BrClN4. The van der Waals surface area contributed by atoms with Gasteiger partial charge in [-0.3, -0.25) is 0 Å². The minimum Gasteiger partial charge on any atom is -0.235 e. The van der Waals surface area contributed by atoms with Crippen LogP contribution in [0, 0.1) is 0 Å². The van der Waals surface area contributed by atoms with Gasteiger partial charge in [-0.1, -0.05) is 88.2 Å². The number of aromatic nitrogens is 2. The minimum atomic E-state index is 0.498. The van der Waals surface area contributed by atoms with Crippen LogP contribution in [0.3, 0.4) is 0 Å². The van der Waals surface area contributed by atoms with Crippen LogP contribution in [0.15, 0.2) is 94.5 Å². The van der Waals surface area contributed by atoms with E-state index in [-0.39, 0.29) is 0 Å². The maximum Gasteiger partial charge on any atom is 0.247 e.